The summed E-state index contributed by atoms with van der Waals surface area (Å²) in [6, 6.07) is 17.5. The number of ketones is 1. The van der Waals surface area contributed by atoms with E-state index in [0.717, 1.165) is 11.3 Å². The SMILES string of the molecule is CCS[C@H]1C(=O)c2ccccc2O[C@H]1c1ccccc1. The van der Waals surface area contributed by atoms with Gasteiger partial charge < -0.3 is 4.74 Å². The van der Waals surface area contributed by atoms with E-state index in [1.54, 1.807) is 11.8 Å². The van der Waals surface area contributed by atoms with Crippen molar-refractivity contribution < 1.29 is 9.53 Å². The summed E-state index contributed by atoms with van der Waals surface area (Å²) in [5, 5.41) is -0.169. The summed E-state index contributed by atoms with van der Waals surface area (Å²) >= 11 is 1.65. The average molecular weight is 284 g/mol. The molecular weight excluding hydrogens is 268 g/mol. The third kappa shape index (κ3) is 2.34. The van der Waals surface area contributed by atoms with Crippen molar-refractivity contribution in [2.75, 3.05) is 5.75 Å². The topological polar surface area (TPSA) is 26.3 Å². The lowest BCUT2D eigenvalue weighted by molar-refractivity contribution is 0.0867. The molecule has 2 aromatic carbocycles. The molecular formula is C17H16O2S. The van der Waals surface area contributed by atoms with Gasteiger partial charge in [-0.15, -0.1) is 11.8 Å². The highest BCUT2D eigenvalue weighted by molar-refractivity contribution is 8.00. The van der Waals surface area contributed by atoms with Crippen LogP contribution in [0.5, 0.6) is 5.75 Å². The molecule has 0 bridgehead atoms. The zero-order chi connectivity index (χ0) is 13.9. The van der Waals surface area contributed by atoms with Gasteiger partial charge in [0.2, 0.25) is 0 Å². The number of ether oxygens (including phenoxy) is 1. The molecule has 2 nitrogen and oxygen atoms in total. The summed E-state index contributed by atoms with van der Waals surface area (Å²) in [5.74, 6) is 1.76. The van der Waals surface area contributed by atoms with E-state index in [1.165, 1.54) is 0 Å². The van der Waals surface area contributed by atoms with Gasteiger partial charge in [0, 0.05) is 0 Å². The third-order valence-corrected chi connectivity index (χ3v) is 4.57. The van der Waals surface area contributed by atoms with Gasteiger partial charge in [0.25, 0.3) is 0 Å². The molecule has 0 aromatic heterocycles. The number of benzene rings is 2. The largest absolute Gasteiger partial charge is 0.483 e. The first-order valence-electron chi connectivity index (χ1n) is 6.77. The summed E-state index contributed by atoms with van der Waals surface area (Å²) < 4.78 is 6.11. The van der Waals surface area contributed by atoms with Crippen LogP contribution in [0, 0.1) is 0 Å². The second-order valence-electron chi connectivity index (χ2n) is 4.69. The highest BCUT2D eigenvalue weighted by Gasteiger charge is 2.37. The fraction of sp³-hybridized carbons (Fsp3) is 0.235. The summed E-state index contributed by atoms with van der Waals surface area (Å²) in [4.78, 5) is 12.7. The van der Waals surface area contributed by atoms with Crippen LogP contribution in [0.1, 0.15) is 28.9 Å². The van der Waals surface area contributed by atoms with Crippen LogP contribution in [0.4, 0.5) is 0 Å². The van der Waals surface area contributed by atoms with Crippen LogP contribution < -0.4 is 4.74 Å². The van der Waals surface area contributed by atoms with E-state index in [9.17, 15) is 4.79 Å². The minimum absolute atomic E-state index is 0.169. The number of para-hydroxylation sites is 1. The van der Waals surface area contributed by atoms with Gasteiger partial charge in [-0.1, -0.05) is 49.4 Å². The zero-order valence-electron chi connectivity index (χ0n) is 11.3. The molecule has 0 radical (unpaired) electrons. The lowest BCUT2D eigenvalue weighted by atomic mass is 9.96. The van der Waals surface area contributed by atoms with Crippen molar-refractivity contribution in [1.82, 2.24) is 0 Å². The van der Waals surface area contributed by atoms with Gasteiger partial charge in [0.15, 0.2) is 5.78 Å². The summed E-state index contributed by atoms with van der Waals surface area (Å²) in [6.07, 6.45) is -0.205. The second kappa shape index (κ2) is 5.71. The van der Waals surface area contributed by atoms with Crippen molar-refractivity contribution in [3.63, 3.8) is 0 Å². The number of fused-ring (bicyclic) bond motifs is 1. The van der Waals surface area contributed by atoms with E-state index in [1.807, 2.05) is 54.6 Å². The van der Waals surface area contributed by atoms with Crippen LogP contribution in [0.15, 0.2) is 54.6 Å². The van der Waals surface area contributed by atoms with Crippen molar-refractivity contribution in [1.29, 1.82) is 0 Å². The third-order valence-electron chi connectivity index (χ3n) is 3.41. The van der Waals surface area contributed by atoms with E-state index in [-0.39, 0.29) is 17.1 Å². The summed E-state index contributed by atoms with van der Waals surface area (Å²) in [6.45, 7) is 2.07. The molecule has 0 saturated carbocycles. The minimum Gasteiger partial charge on any atom is -0.483 e. The number of thioether (sulfide) groups is 1. The first-order valence-corrected chi connectivity index (χ1v) is 7.82. The first kappa shape index (κ1) is 13.3. The molecule has 0 saturated heterocycles. The highest BCUT2D eigenvalue weighted by atomic mass is 32.2. The van der Waals surface area contributed by atoms with Crippen LogP contribution in [-0.4, -0.2) is 16.8 Å². The fourth-order valence-electron chi connectivity index (χ4n) is 2.49. The zero-order valence-corrected chi connectivity index (χ0v) is 12.1. The van der Waals surface area contributed by atoms with E-state index in [0.29, 0.717) is 11.3 Å². The van der Waals surface area contributed by atoms with Gasteiger partial charge in [-0.25, -0.2) is 0 Å². The van der Waals surface area contributed by atoms with E-state index >= 15 is 0 Å². The van der Waals surface area contributed by atoms with E-state index < -0.39 is 0 Å². The van der Waals surface area contributed by atoms with Crippen LogP contribution in [0.2, 0.25) is 0 Å². The highest BCUT2D eigenvalue weighted by Crippen LogP contribution is 2.40. The van der Waals surface area contributed by atoms with Crippen molar-refractivity contribution >= 4 is 17.5 Å². The molecule has 3 heteroatoms. The van der Waals surface area contributed by atoms with E-state index in [2.05, 4.69) is 6.92 Å². The predicted molar refractivity (Wildman–Crippen MR) is 82.5 cm³/mol. The molecule has 1 aliphatic rings. The molecule has 0 fully saturated rings. The van der Waals surface area contributed by atoms with Crippen LogP contribution >= 0.6 is 11.8 Å². The maximum absolute atomic E-state index is 12.7. The number of rotatable bonds is 3. The van der Waals surface area contributed by atoms with Crippen molar-refractivity contribution in [2.24, 2.45) is 0 Å². The Kier molecular flexibility index (Phi) is 3.79. The molecule has 2 aromatic rings. The second-order valence-corrected chi connectivity index (χ2v) is 6.10. The molecule has 3 rings (SSSR count). The lowest BCUT2D eigenvalue weighted by Crippen LogP contribution is -2.34. The Hall–Kier alpha value is -1.74. The van der Waals surface area contributed by atoms with Crippen molar-refractivity contribution in [3.05, 3.63) is 65.7 Å². The maximum atomic E-state index is 12.7. The number of hydrogen-bond acceptors (Lipinski definition) is 3. The lowest BCUT2D eigenvalue weighted by Gasteiger charge is -2.32. The first-order chi connectivity index (χ1) is 9.81. The monoisotopic (exact) mass is 284 g/mol. The molecule has 0 aliphatic carbocycles. The van der Waals surface area contributed by atoms with Gasteiger partial charge in [-0.2, -0.15) is 0 Å². The molecule has 1 aliphatic heterocycles. The molecule has 0 amide bonds. The Morgan fingerprint density at radius 1 is 1.05 bits per heavy atom. The molecule has 0 spiro atoms. The van der Waals surface area contributed by atoms with Crippen LogP contribution in [0.25, 0.3) is 0 Å². The van der Waals surface area contributed by atoms with Gasteiger partial charge in [0.05, 0.1) is 5.56 Å². The Morgan fingerprint density at radius 3 is 2.50 bits per heavy atom. The summed E-state index contributed by atoms with van der Waals surface area (Å²) in [7, 11) is 0. The predicted octanol–water partition coefficient (Wildman–Crippen LogP) is 4.12. The molecule has 2 atom stereocenters. The molecule has 20 heavy (non-hydrogen) atoms. The Balaban J connectivity index is 2.03. The molecule has 1 heterocycles. The molecule has 102 valence electrons. The van der Waals surface area contributed by atoms with Gasteiger partial charge in [-0.3, -0.25) is 4.79 Å². The fourth-order valence-corrected chi connectivity index (χ4v) is 3.52. The minimum atomic E-state index is -0.205. The normalized spacial score (nSPS) is 21.1. The van der Waals surface area contributed by atoms with Crippen LogP contribution in [-0.2, 0) is 0 Å². The smallest absolute Gasteiger partial charge is 0.183 e. The summed E-state index contributed by atoms with van der Waals surface area (Å²) in [5.41, 5.74) is 1.76. The van der Waals surface area contributed by atoms with Gasteiger partial charge in [-0.05, 0) is 23.4 Å². The van der Waals surface area contributed by atoms with Crippen LogP contribution in [0.3, 0.4) is 0 Å². The Bertz CT molecular complexity index is 609. The maximum Gasteiger partial charge on any atom is 0.183 e. The standard InChI is InChI=1S/C17H16O2S/c1-2-20-17-15(18)13-10-6-7-11-14(13)19-16(17)12-8-4-3-5-9-12/h3-11,16-17H,2H2,1H3/t16-,17-/m0/s1. The Morgan fingerprint density at radius 2 is 1.75 bits per heavy atom. The molecule has 0 N–H and O–H groups in total. The number of Topliss-reactive ketones (excluding diaryl/α,β-unsaturated/α-hetero) is 1. The number of hydrogen-bond donors (Lipinski definition) is 0. The number of carbonyl (C=O) groups excluding carboxylic acids is 1. The van der Waals surface area contributed by atoms with Gasteiger partial charge in [0.1, 0.15) is 17.1 Å². The van der Waals surface area contributed by atoms with Gasteiger partial charge >= 0.3 is 0 Å². The van der Waals surface area contributed by atoms with Crippen molar-refractivity contribution in [3.8, 4) is 5.75 Å². The Labute approximate surface area is 123 Å². The number of carbonyl (C=O) groups is 1. The molecule has 0 unspecified atom stereocenters. The average Bonchev–Trinajstić information content (AvgIpc) is 2.51. The van der Waals surface area contributed by atoms with Crippen molar-refractivity contribution in [2.45, 2.75) is 18.3 Å². The quantitative estimate of drug-likeness (QED) is 0.848. The van der Waals surface area contributed by atoms with E-state index in [4.69, 9.17) is 4.74 Å².